The Morgan fingerprint density at radius 3 is 1.67 bits per heavy atom. The van der Waals surface area contributed by atoms with Crippen molar-refractivity contribution in [3.8, 4) is 22.3 Å². The zero-order valence-electron chi connectivity index (χ0n) is 14.6. The summed E-state index contributed by atoms with van der Waals surface area (Å²) in [7, 11) is 0.885. The average molecular weight is 362 g/mol. The summed E-state index contributed by atoms with van der Waals surface area (Å²) in [5.74, 6) is 0. The molecule has 0 amide bonds. The van der Waals surface area contributed by atoms with Crippen molar-refractivity contribution >= 4 is 44.1 Å². The van der Waals surface area contributed by atoms with E-state index < -0.39 is 0 Å². The van der Waals surface area contributed by atoms with Gasteiger partial charge in [-0.3, -0.25) is 0 Å². The molecule has 0 aliphatic rings. The van der Waals surface area contributed by atoms with Crippen LogP contribution in [0, 0.1) is 0 Å². The molecule has 5 rings (SSSR count). The van der Waals surface area contributed by atoms with Gasteiger partial charge in [0.25, 0.3) is 0 Å². The molecule has 0 bridgehead atoms. The summed E-state index contributed by atoms with van der Waals surface area (Å²) in [6, 6.07) is 31.4. The molecule has 0 fully saturated rings. The molecule has 0 saturated carbocycles. The molecule has 126 valence electrons. The second-order valence-electron chi connectivity index (χ2n) is 6.57. The van der Waals surface area contributed by atoms with Crippen molar-refractivity contribution in [2.24, 2.45) is 0 Å². The third-order valence-corrected chi connectivity index (χ3v) is 6.25. The van der Waals surface area contributed by atoms with Crippen LogP contribution in [0.25, 0.3) is 42.4 Å². The van der Waals surface area contributed by atoms with E-state index in [0.717, 1.165) is 12.7 Å². The van der Waals surface area contributed by atoms with E-state index in [1.54, 1.807) is 0 Å². The molecule has 0 aliphatic heterocycles. The first-order valence-corrected chi connectivity index (χ1v) is 9.72. The van der Waals surface area contributed by atoms with E-state index >= 15 is 0 Å². The Morgan fingerprint density at radius 1 is 0.556 bits per heavy atom. The topological polar surface area (TPSA) is 17.1 Å². The molecule has 4 aromatic carbocycles. The Hall–Kier alpha value is -3.04. The van der Waals surface area contributed by atoms with Gasteiger partial charge in [0, 0.05) is 0 Å². The first-order chi connectivity index (χ1) is 13.3. The van der Waals surface area contributed by atoms with Crippen molar-refractivity contribution in [2.75, 3.05) is 0 Å². The summed E-state index contributed by atoms with van der Waals surface area (Å²) < 4.78 is 13.6. The molecule has 0 spiro atoms. The Balaban J connectivity index is 1.79. The van der Waals surface area contributed by atoms with Crippen LogP contribution in [-0.2, 0) is 4.70 Å². The van der Waals surface area contributed by atoms with Crippen LogP contribution in [0.5, 0.6) is 0 Å². The van der Waals surface area contributed by atoms with Crippen LogP contribution < -0.4 is 5.46 Å². The number of benzene rings is 4. The number of fused-ring (bicyclic) bond motifs is 3. The maximum atomic E-state index is 11.0. The molecule has 3 heteroatoms. The van der Waals surface area contributed by atoms with E-state index in [4.69, 9.17) is 0 Å². The standard InChI is InChI=1S/C24H15BOS/c26-25-18-14-12-17(13-15-18)20-9-5-11-22-21-10-4-8-19(23(21)27-24(20)22)16-6-2-1-3-7-16/h1-15H. The number of hydrogen-bond donors (Lipinski definition) is 0. The maximum absolute atomic E-state index is 11.0. The van der Waals surface area contributed by atoms with Gasteiger partial charge in [0.15, 0.2) is 0 Å². The van der Waals surface area contributed by atoms with Crippen LogP contribution in [0.1, 0.15) is 0 Å². The second-order valence-corrected chi connectivity index (χ2v) is 7.59. The first kappa shape index (κ1) is 16.2. The van der Waals surface area contributed by atoms with Gasteiger partial charge in [0.05, 0.1) is 0 Å². The third kappa shape index (κ3) is 2.72. The van der Waals surface area contributed by atoms with Gasteiger partial charge in [-0.2, -0.15) is 0 Å². The van der Waals surface area contributed by atoms with Gasteiger partial charge in [0.1, 0.15) is 0 Å². The molecule has 0 unspecified atom stereocenters. The van der Waals surface area contributed by atoms with Gasteiger partial charge in [-0.25, -0.2) is 0 Å². The Morgan fingerprint density at radius 2 is 1.11 bits per heavy atom. The number of hydrogen-bond acceptors (Lipinski definition) is 2. The summed E-state index contributed by atoms with van der Waals surface area (Å²) >= 11 is 1.84. The van der Waals surface area contributed by atoms with E-state index in [1.165, 1.54) is 36.9 Å². The van der Waals surface area contributed by atoms with Crippen LogP contribution in [0.2, 0.25) is 0 Å². The summed E-state index contributed by atoms with van der Waals surface area (Å²) in [5.41, 5.74) is 5.57. The minimum atomic E-state index is 0.702. The fraction of sp³-hybridized carbons (Fsp3) is 0. The quantitative estimate of drug-likeness (QED) is 0.356. The molecule has 27 heavy (non-hydrogen) atoms. The van der Waals surface area contributed by atoms with Gasteiger partial charge in [-0.1, -0.05) is 6.07 Å². The fourth-order valence-corrected chi connectivity index (χ4v) is 5.01. The van der Waals surface area contributed by atoms with Crippen molar-refractivity contribution in [3.05, 3.63) is 91.0 Å². The molecule has 0 saturated heterocycles. The van der Waals surface area contributed by atoms with E-state index in [-0.39, 0.29) is 0 Å². The van der Waals surface area contributed by atoms with Crippen LogP contribution in [0.3, 0.4) is 0 Å². The minimum absolute atomic E-state index is 0.702. The molecular formula is C24H15BOS. The number of thiophene rings is 1. The summed E-state index contributed by atoms with van der Waals surface area (Å²) in [5, 5.41) is 2.58. The van der Waals surface area contributed by atoms with E-state index in [1.807, 2.05) is 35.6 Å². The van der Waals surface area contributed by atoms with Crippen LogP contribution >= 0.6 is 11.3 Å². The Labute approximate surface area is 162 Å². The molecule has 0 atom stereocenters. The van der Waals surface area contributed by atoms with Crippen LogP contribution in [0.15, 0.2) is 91.0 Å². The summed E-state index contributed by atoms with van der Waals surface area (Å²) in [4.78, 5) is 0. The summed E-state index contributed by atoms with van der Waals surface area (Å²) in [6.07, 6.45) is 0. The molecule has 1 aromatic heterocycles. The van der Waals surface area contributed by atoms with Crippen LogP contribution in [-0.4, -0.2) is 7.15 Å². The van der Waals surface area contributed by atoms with Gasteiger partial charge in [0.2, 0.25) is 0 Å². The second kappa shape index (κ2) is 6.60. The number of rotatable bonds is 3. The Kier molecular flexibility index (Phi) is 3.95. The van der Waals surface area contributed by atoms with E-state index in [0.29, 0.717) is 5.46 Å². The molecule has 5 aromatic rings. The molecule has 0 aliphatic carbocycles. The molecular weight excluding hydrogens is 347 g/mol. The van der Waals surface area contributed by atoms with Gasteiger partial charge in [-0.15, -0.1) is 0 Å². The van der Waals surface area contributed by atoms with E-state index in [2.05, 4.69) is 66.7 Å². The Bertz CT molecular complexity index is 1270. The molecule has 0 radical (unpaired) electrons. The zero-order valence-corrected chi connectivity index (χ0v) is 15.4. The van der Waals surface area contributed by atoms with E-state index in [9.17, 15) is 4.70 Å². The molecule has 0 N–H and O–H groups in total. The third-order valence-electron chi connectivity index (χ3n) is 4.97. The van der Waals surface area contributed by atoms with Crippen molar-refractivity contribution in [1.82, 2.24) is 0 Å². The van der Waals surface area contributed by atoms with Gasteiger partial charge < -0.3 is 0 Å². The molecule has 1 heterocycles. The first-order valence-electron chi connectivity index (χ1n) is 8.90. The normalized spacial score (nSPS) is 11.0. The summed E-state index contributed by atoms with van der Waals surface area (Å²) in [6.45, 7) is 0. The van der Waals surface area contributed by atoms with Crippen molar-refractivity contribution < 1.29 is 4.70 Å². The predicted octanol–water partition coefficient (Wildman–Crippen LogP) is 6.06. The van der Waals surface area contributed by atoms with Crippen molar-refractivity contribution in [2.45, 2.75) is 0 Å². The van der Waals surface area contributed by atoms with Gasteiger partial charge in [-0.05, 0) is 0 Å². The van der Waals surface area contributed by atoms with Crippen molar-refractivity contribution in [1.29, 1.82) is 0 Å². The monoisotopic (exact) mass is 362 g/mol. The SMILES string of the molecule is O=Bc1ccc(-c2cccc3c2sc2c(-c4ccccc4)cccc23)cc1. The van der Waals surface area contributed by atoms with Crippen molar-refractivity contribution in [3.63, 3.8) is 0 Å². The fourth-order valence-electron chi connectivity index (χ4n) is 3.63. The predicted molar refractivity (Wildman–Crippen MR) is 116 cm³/mol. The van der Waals surface area contributed by atoms with Gasteiger partial charge >= 0.3 is 156 Å². The zero-order chi connectivity index (χ0) is 18.2. The van der Waals surface area contributed by atoms with Crippen LogP contribution in [0.4, 0.5) is 0 Å². The molecule has 1 nitrogen and oxygen atoms in total. The average Bonchev–Trinajstić information content (AvgIpc) is 3.13.